The lowest BCUT2D eigenvalue weighted by molar-refractivity contribution is -0.244. The molecule has 0 heterocycles. The molecule has 3 aliphatic rings. The number of halogens is 4. The van der Waals surface area contributed by atoms with Gasteiger partial charge in [-0.3, -0.25) is 9.52 Å². The smallest absolute Gasteiger partial charge is 0.349 e. The van der Waals surface area contributed by atoms with Crippen molar-refractivity contribution in [2.24, 2.45) is 11.3 Å². The summed E-state index contributed by atoms with van der Waals surface area (Å²) in [6, 6.07) is 2.27. The minimum absolute atomic E-state index is 0.0228. The second kappa shape index (κ2) is 6.33. The fraction of sp³-hybridized carbons (Fsp3) is 0.562. The molecule has 3 aliphatic carbocycles. The minimum atomic E-state index is -4.31. The number of nitrogens with one attached hydrogen (secondary N) is 2. The molecule has 6 nitrogen and oxygen atoms in total. The number of hydrogen-bond acceptors (Lipinski definition) is 3. The molecule has 27 heavy (non-hydrogen) atoms. The number of fused-ring (bicyclic) bond motifs is 1. The molecule has 1 amide bonds. The van der Waals surface area contributed by atoms with Crippen LogP contribution in [0.1, 0.15) is 29.6 Å². The molecular weight excluding hydrogens is 390 g/mol. The molecule has 4 rings (SSSR count). The Balaban J connectivity index is 1.79. The first-order valence-electron chi connectivity index (χ1n) is 8.22. The van der Waals surface area contributed by atoms with Gasteiger partial charge in [-0.2, -0.15) is 25.9 Å². The van der Waals surface area contributed by atoms with Crippen LogP contribution in [0.2, 0.25) is 0 Å². The van der Waals surface area contributed by atoms with Crippen LogP contribution in [0.4, 0.5) is 23.2 Å². The number of benzene rings is 1. The maximum absolute atomic E-state index is 13.5. The molecule has 3 fully saturated rings. The lowest BCUT2D eigenvalue weighted by atomic mass is 9.69. The fourth-order valence-corrected chi connectivity index (χ4v) is 4.40. The van der Waals surface area contributed by atoms with Gasteiger partial charge >= 0.3 is 16.4 Å². The van der Waals surface area contributed by atoms with Crippen molar-refractivity contribution in [2.45, 2.75) is 31.5 Å². The van der Waals surface area contributed by atoms with E-state index in [9.17, 15) is 30.8 Å². The van der Waals surface area contributed by atoms with Gasteiger partial charge in [0, 0.05) is 20.1 Å². The lowest BCUT2D eigenvalue weighted by Crippen LogP contribution is -2.42. The number of hydrogen-bond donors (Lipinski definition) is 2. The summed E-state index contributed by atoms with van der Waals surface area (Å²) in [6.07, 6.45) is -4.56. The predicted octanol–water partition coefficient (Wildman–Crippen LogP) is 2.50. The maximum Gasteiger partial charge on any atom is 0.394 e. The van der Waals surface area contributed by atoms with Gasteiger partial charge in [-0.15, -0.1) is 0 Å². The molecule has 1 aromatic rings. The molecule has 1 aromatic carbocycles. The van der Waals surface area contributed by atoms with E-state index in [1.165, 1.54) is 14.1 Å². The summed E-state index contributed by atoms with van der Waals surface area (Å²) in [7, 11) is -1.49. The van der Waals surface area contributed by atoms with Crippen molar-refractivity contribution in [2.75, 3.05) is 18.8 Å². The summed E-state index contributed by atoms with van der Waals surface area (Å²) in [5.74, 6) is -1.78. The summed E-state index contributed by atoms with van der Waals surface area (Å²) < 4.78 is 79.9. The number of carbonyl (C=O) groups is 1. The first kappa shape index (κ1) is 19.9. The van der Waals surface area contributed by atoms with Crippen LogP contribution in [-0.4, -0.2) is 44.9 Å². The van der Waals surface area contributed by atoms with Crippen molar-refractivity contribution in [3.63, 3.8) is 0 Å². The molecule has 1 atom stereocenters. The lowest BCUT2D eigenvalue weighted by Gasteiger charge is -2.39. The molecule has 0 unspecified atom stereocenters. The van der Waals surface area contributed by atoms with Crippen LogP contribution in [0.15, 0.2) is 18.2 Å². The molecule has 0 radical (unpaired) electrons. The highest BCUT2D eigenvalue weighted by Gasteiger charge is 2.69. The summed E-state index contributed by atoms with van der Waals surface area (Å²) in [4.78, 5) is 12.5. The Labute approximate surface area is 154 Å². The van der Waals surface area contributed by atoms with Crippen molar-refractivity contribution < 1.29 is 30.8 Å². The van der Waals surface area contributed by atoms with E-state index >= 15 is 0 Å². The van der Waals surface area contributed by atoms with Gasteiger partial charge in [0.15, 0.2) is 0 Å². The minimum Gasteiger partial charge on any atom is -0.349 e. The van der Waals surface area contributed by atoms with Crippen LogP contribution in [0.3, 0.4) is 0 Å². The monoisotopic (exact) mass is 409 g/mol. The van der Waals surface area contributed by atoms with Gasteiger partial charge in [0.2, 0.25) is 0 Å². The second-order valence-corrected chi connectivity index (χ2v) is 9.19. The number of alkyl halides is 3. The molecule has 0 aromatic heterocycles. The molecule has 3 saturated carbocycles. The molecule has 2 N–H and O–H groups in total. The third-order valence-electron chi connectivity index (χ3n) is 5.35. The van der Waals surface area contributed by atoms with Crippen molar-refractivity contribution in [1.29, 1.82) is 0 Å². The van der Waals surface area contributed by atoms with E-state index in [1.807, 2.05) is 0 Å². The van der Waals surface area contributed by atoms with E-state index in [2.05, 4.69) is 10.0 Å². The van der Waals surface area contributed by atoms with Gasteiger partial charge in [0.25, 0.3) is 5.91 Å². The zero-order valence-corrected chi connectivity index (χ0v) is 15.4. The normalized spacial score (nSPS) is 27.4. The highest BCUT2D eigenvalue weighted by Crippen LogP contribution is 2.65. The quantitative estimate of drug-likeness (QED) is 0.734. The van der Waals surface area contributed by atoms with Gasteiger partial charge in [-0.1, -0.05) is 0 Å². The number of nitrogens with zero attached hydrogens (tertiary/aromatic N) is 1. The summed E-state index contributed by atoms with van der Waals surface area (Å²) >= 11 is 0. The van der Waals surface area contributed by atoms with Crippen LogP contribution >= 0.6 is 0 Å². The van der Waals surface area contributed by atoms with Crippen molar-refractivity contribution in [3.8, 4) is 0 Å². The third kappa shape index (κ3) is 3.49. The van der Waals surface area contributed by atoms with Crippen molar-refractivity contribution in [3.05, 3.63) is 29.6 Å². The van der Waals surface area contributed by atoms with E-state index < -0.39 is 39.6 Å². The molecule has 0 aliphatic heterocycles. The zero-order valence-electron chi connectivity index (χ0n) is 14.6. The van der Waals surface area contributed by atoms with Gasteiger partial charge in [-0.05, 0) is 43.4 Å². The number of anilines is 1. The van der Waals surface area contributed by atoms with Crippen LogP contribution in [0.5, 0.6) is 0 Å². The topological polar surface area (TPSA) is 78.5 Å². The van der Waals surface area contributed by atoms with Crippen LogP contribution < -0.4 is 10.0 Å². The van der Waals surface area contributed by atoms with Crippen molar-refractivity contribution >= 4 is 21.8 Å². The Morgan fingerprint density at radius 2 is 1.85 bits per heavy atom. The summed E-state index contributed by atoms with van der Waals surface area (Å²) in [5, 5.41) is 2.55. The summed E-state index contributed by atoms with van der Waals surface area (Å²) in [6.45, 7) is 0. The first-order chi connectivity index (χ1) is 12.3. The number of rotatable bonds is 5. The Morgan fingerprint density at radius 1 is 1.22 bits per heavy atom. The number of amides is 1. The average Bonchev–Trinajstić information content (AvgIpc) is 3.01. The van der Waals surface area contributed by atoms with Crippen LogP contribution in [0.25, 0.3) is 0 Å². The van der Waals surface area contributed by atoms with Gasteiger partial charge in [0.1, 0.15) is 5.82 Å². The van der Waals surface area contributed by atoms with E-state index in [-0.39, 0.29) is 36.4 Å². The third-order valence-corrected chi connectivity index (χ3v) is 6.79. The Morgan fingerprint density at radius 3 is 2.37 bits per heavy atom. The highest BCUT2D eigenvalue weighted by atomic mass is 32.2. The summed E-state index contributed by atoms with van der Waals surface area (Å²) in [5.41, 5.74) is -2.18. The van der Waals surface area contributed by atoms with Crippen LogP contribution in [0, 0.1) is 17.2 Å². The highest BCUT2D eigenvalue weighted by molar-refractivity contribution is 7.90. The standard InChI is InChI=1S/C16H19F4N3O3S/c1-23(2)27(25,26)22-12-5-10(17)3-4-11(12)14(24)21-13-8-15(16(18,19)20)6-9(13)7-15/h3-5,9,13,22H,6-8H2,1-2H3,(H,21,24)/t9?,13-,15?/m1/s1. The van der Waals surface area contributed by atoms with E-state index in [1.54, 1.807) is 0 Å². The molecule has 150 valence electrons. The Kier molecular flexibility index (Phi) is 4.66. The molecule has 2 bridgehead atoms. The van der Waals surface area contributed by atoms with E-state index in [0.29, 0.717) is 0 Å². The van der Waals surface area contributed by atoms with Gasteiger partial charge < -0.3 is 5.32 Å². The molecule has 11 heteroatoms. The van der Waals surface area contributed by atoms with Gasteiger partial charge in [0.05, 0.1) is 16.7 Å². The Bertz CT molecular complexity index is 864. The first-order valence-corrected chi connectivity index (χ1v) is 9.66. The molecular formula is C16H19F4N3O3S. The average molecular weight is 409 g/mol. The van der Waals surface area contributed by atoms with Crippen molar-refractivity contribution in [1.82, 2.24) is 9.62 Å². The zero-order chi connectivity index (χ0) is 20.2. The SMILES string of the molecule is CN(C)S(=O)(=O)Nc1cc(F)ccc1C(=O)N[C@@H]1CC2(C(F)(F)F)CC1C2. The Hall–Kier alpha value is -1.88. The predicted molar refractivity (Wildman–Crippen MR) is 89.7 cm³/mol. The molecule has 0 saturated heterocycles. The number of carbonyl (C=O) groups excluding carboxylic acids is 1. The maximum atomic E-state index is 13.5. The van der Waals surface area contributed by atoms with E-state index in [4.69, 9.17) is 0 Å². The largest absolute Gasteiger partial charge is 0.394 e. The van der Waals surface area contributed by atoms with Crippen LogP contribution in [-0.2, 0) is 10.2 Å². The second-order valence-electron chi connectivity index (χ2n) is 7.31. The molecule has 0 spiro atoms. The van der Waals surface area contributed by atoms with E-state index in [0.717, 1.165) is 22.5 Å². The fourth-order valence-electron chi connectivity index (χ4n) is 3.77. The van der Waals surface area contributed by atoms with Gasteiger partial charge in [-0.25, -0.2) is 4.39 Å².